The van der Waals surface area contributed by atoms with E-state index in [1.807, 2.05) is 0 Å². The van der Waals surface area contributed by atoms with E-state index in [4.69, 9.17) is 0 Å². The fourth-order valence-corrected chi connectivity index (χ4v) is 4.49. The zero-order chi connectivity index (χ0) is 16.8. The standard InChI is InChI=1S/C22H22NP/c1-23(2)20-15-13-19(14-16-20)17-18-24(21-9-5-3-6-10-21)22-11-7-4-8-12-22/h3-18H,1-2H3/b18-17-. The van der Waals surface area contributed by atoms with E-state index in [1.54, 1.807) is 0 Å². The Balaban J connectivity index is 1.89. The quantitative estimate of drug-likeness (QED) is 0.604. The summed E-state index contributed by atoms with van der Waals surface area (Å²) >= 11 is 0. The van der Waals surface area contributed by atoms with Crippen molar-refractivity contribution in [1.82, 2.24) is 0 Å². The first-order chi connectivity index (χ1) is 11.7. The molecule has 3 aromatic carbocycles. The molecule has 0 saturated carbocycles. The minimum absolute atomic E-state index is 0.486. The number of benzene rings is 3. The van der Waals surface area contributed by atoms with Gasteiger partial charge in [-0.15, -0.1) is 0 Å². The summed E-state index contributed by atoms with van der Waals surface area (Å²) < 4.78 is 0. The third kappa shape index (κ3) is 4.13. The molecule has 120 valence electrons. The number of nitrogens with zero attached hydrogens (tertiary/aromatic N) is 1. The lowest BCUT2D eigenvalue weighted by atomic mass is 10.2. The third-order valence-electron chi connectivity index (χ3n) is 3.89. The zero-order valence-corrected chi connectivity index (χ0v) is 15.0. The van der Waals surface area contributed by atoms with Gasteiger partial charge in [0, 0.05) is 19.8 Å². The second-order valence-corrected chi connectivity index (χ2v) is 7.91. The zero-order valence-electron chi connectivity index (χ0n) is 14.1. The highest BCUT2D eigenvalue weighted by molar-refractivity contribution is 7.75. The van der Waals surface area contributed by atoms with Crippen molar-refractivity contribution in [3.63, 3.8) is 0 Å². The Kier molecular flexibility index (Phi) is 5.46. The van der Waals surface area contributed by atoms with Crippen molar-refractivity contribution in [2.24, 2.45) is 0 Å². The van der Waals surface area contributed by atoms with Crippen LogP contribution in [0.2, 0.25) is 0 Å². The molecule has 3 aromatic rings. The second kappa shape index (κ2) is 7.95. The largest absolute Gasteiger partial charge is 0.378 e. The van der Waals surface area contributed by atoms with Crippen molar-refractivity contribution in [1.29, 1.82) is 0 Å². The third-order valence-corrected chi connectivity index (χ3v) is 6.05. The van der Waals surface area contributed by atoms with Crippen molar-refractivity contribution < 1.29 is 0 Å². The maximum Gasteiger partial charge on any atom is 0.0361 e. The Morgan fingerprint density at radius 2 is 1.17 bits per heavy atom. The van der Waals surface area contributed by atoms with Crippen LogP contribution in [0, 0.1) is 0 Å². The van der Waals surface area contributed by atoms with E-state index < -0.39 is 7.92 Å². The van der Waals surface area contributed by atoms with Gasteiger partial charge in [0.2, 0.25) is 0 Å². The van der Waals surface area contributed by atoms with Crippen molar-refractivity contribution in [3.8, 4) is 0 Å². The summed E-state index contributed by atoms with van der Waals surface area (Å²) in [5.74, 6) is 2.35. The van der Waals surface area contributed by atoms with E-state index in [0.717, 1.165) is 0 Å². The monoisotopic (exact) mass is 331 g/mol. The highest BCUT2D eigenvalue weighted by Gasteiger charge is 2.09. The van der Waals surface area contributed by atoms with Crippen molar-refractivity contribution >= 4 is 30.3 Å². The molecular formula is C22H22NP. The lowest BCUT2D eigenvalue weighted by Crippen LogP contribution is -2.09. The minimum Gasteiger partial charge on any atom is -0.378 e. The molecule has 0 amide bonds. The summed E-state index contributed by atoms with van der Waals surface area (Å²) in [6, 6.07) is 30.2. The van der Waals surface area contributed by atoms with Crippen LogP contribution in [0.15, 0.2) is 90.7 Å². The minimum atomic E-state index is -0.486. The maximum atomic E-state index is 2.35. The van der Waals surface area contributed by atoms with Crippen molar-refractivity contribution in [2.75, 3.05) is 19.0 Å². The van der Waals surface area contributed by atoms with Crippen LogP contribution in [0.4, 0.5) is 5.69 Å². The van der Waals surface area contributed by atoms with Gasteiger partial charge in [-0.1, -0.05) is 84.7 Å². The number of hydrogen-bond acceptors (Lipinski definition) is 1. The molecule has 0 atom stereocenters. The van der Waals surface area contributed by atoms with E-state index in [-0.39, 0.29) is 0 Å². The van der Waals surface area contributed by atoms with Gasteiger partial charge in [0.25, 0.3) is 0 Å². The molecule has 0 heterocycles. The van der Waals surface area contributed by atoms with Crippen LogP contribution in [0.3, 0.4) is 0 Å². The molecule has 0 unspecified atom stereocenters. The fraction of sp³-hybridized carbons (Fsp3) is 0.0909. The summed E-state index contributed by atoms with van der Waals surface area (Å²) in [7, 11) is 3.64. The van der Waals surface area contributed by atoms with E-state index in [1.165, 1.54) is 21.9 Å². The maximum absolute atomic E-state index is 2.35. The van der Waals surface area contributed by atoms with Crippen LogP contribution in [0.25, 0.3) is 6.08 Å². The Labute approximate surface area is 146 Å². The molecule has 0 spiro atoms. The molecule has 0 fully saturated rings. The highest BCUT2D eigenvalue weighted by Crippen LogP contribution is 2.35. The fourth-order valence-electron chi connectivity index (χ4n) is 2.54. The average Bonchev–Trinajstić information content (AvgIpc) is 2.64. The smallest absolute Gasteiger partial charge is 0.0361 e. The van der Waals surface area contributed by atoms with Gasteiger partial charge in [-0.3, -0.25) is 0 Å². The molecule has 1 nitrogen and oxygen atoms in total. The van der Waals surface area contributed by atoms with Gasteiger partial charge in [-0.05, 0) is 36.2 Å². The van der Waals surface area contributed by atoms with Gasteiger partial charge in [0.15, 0.2) is 0 Å². The summed E-state index contributed by atoms with van der Waals surface area (Å²) in [6.45, 7) is 0. The van der Waals surface area contributed by atoms with E-state index in [9.17, 15) is 0 Å². The van der Waals surface area contributed by atoms with Crippen LogP contribution in [0.1, 0.15) is 5.56 Å². The lowest BCUT2D eigenvalue weighted by molar-refractivity contribution is 1.13. The molecule has 3 rings (SSSR count). The van der Waals surface area contributed by atoms with E-state index in [0.29, 0.717) is 0 Å². The lowest BCUT2D eigenvalue weighted by Gasteiger charge is -2.15. The van der Waals surface area contributed by atoms with Gasteiger partial charge in [0.1, 0.15) is 0 Å². The number of hydrogen-bond donors (Lipinski definition) is 0. The van der Waals surface area contributed by atoms with Gasteiger partial charge >= 0.3 is 0 Å². The van der Waals surface area contributed by atoms with Gasteiger partial charge in [-0.2, -0.15) is 0 Å². The number of rotatable bonds is 5. The molecule has 0 radical (unpaired) electrons. The molecule has 0 saturated heterocycles. The molecule has 24 heavy (non-hydrogen) atoms. The van der Waals surface area contributed by atoms with E-state index >= 15 is 0 Å². The number of anilines is 1. The molecular weight excluding hydrogens is 309 g/mol. The second-order valence-electron chi connectivity index (χ2n) is 5.84. The summed E-state index contributed by atoms with van der Waals surface area (Å²) in [6.07, 6.45) is 2.24. The summed E-state index contributed by atoms with van der Waals surface area (Å²) in [5.41, 5.74) is 2.46. The first-order valence-corrected chi connectivity index (χ1v) is 9.50. The topological polar surface area (TPSA) is 3.24 Å². The van der Waals surface area contributed by atoms with Crippen LogP contribution >= 0.6 is 7.92 Å². The van der Waals surface area contributed by atoms with Gasteiger partial charge < -0.3 is 4.90 Å². The van der Waals surface area contributed by atoms with Crippen LogP contribution in [-0.4, -0.2) is 14.1 Å². The normalized spacial score (nSPS) is 11.1. The molecule has 0 aliphatic rings. The highest BCUT2D eigenvalue weighted by atomic mass is 31.1. The van der Waals surface area contributed by atoms with Crippen LogP contribution in [-0.2, 0) is 0 Å². The molecule has 0 aliphatic carbocycles. The molecule has 0 bridgehead atoms. The van der Waals surface area contributed by atoms with Crippen molar-refractivity contribution in [2.45, 2.75) is 0 Å². The Hall–Kier alpha value is -2.37. The molecule has 0 aromatic heterocycles. The van der Waals surface area contributed by atoms with Crippen LogP contribution in [0.5, 0.6) is 0 Å². The predicted molar refractivity (Wildman–Crippen MR) is 109 cm³/mol. The summed E-state index contributed by atoms with van der Waals surface area (Å²) in [5, 5.41) is 2.75. The SMILES string of the molecule is CN(C)c1ccc(/C=C\P(c2ccccc2)c2ccccc2)cc1. The molecule has 0 aliphatic heterocycles. The first-order valence-electron chi connectivity index (χ1n) is 8.09. The summed E-state index contributed by atoms with van der Waals surface area (Å²) in [4.78, 5) is 2.12. The molecule has 0 N–H and O–H groups in total. The average molecular weight is 331 g/mol. The first kappa shape index (κ1) is 16.5. The van der Waals surface area contributed by atoms with Crippen molar-refractivity contribution in [3.05, 3.63) is 96.3 Å². The Bertz CT molecular complexity index is 738. The Morgan fingerprint density at radius 3 is 1.62 bits per heavy atom. The van der Waals surface area contributed by atoms with E-state index in [2.05, 4.69) is 116 Å². The predicted octanol–water partition coefficient (Wildman–Crippen LogP) is 4.86. The Morgan fingerprint density at radius 1 is 0.667 bits per heavy atom. The van der Waals surface area contributed by atoms with Gasteiger partial charge in [0.05, 0.1) is 0 Å². The molecule has 2 heteroatoms. The van der Waals surface area contributed by atoms with Gasteiger partial charge in [-0.25, -0.2) is 0 Å². The van der Waals surface area contributed by atoms with Crippen LogP contribution < -0.4 is 15.5 Å².